The molecule has 0 aliphatic rings. The summed E-state index contributed by atoms with van der Waals surface area (Å²) in [5.74, 6) is 0.586. The number of nitrogens with zero attached hydrogens (tertiary/aromatic N) is 4. The van der Waals surface area contributed by atoms with Gasteiger partial charge in [0, 0.05) is 36.9 Å². The zero-order chi connectivity index (χ0) is 22.5. The van der Waals surface area contributed by atoms with Gasteiger partial charge in [-0.3, -0.25) is 9.59 Å². The van der Waals surface area contributed by atoms with Gasteiger partial charge < -0.3 is 14.6 Å². The number of ether oxygens (including phenoxy) is 1. The number of fused-ring (bicyclic) bond motifs is 1. The van der Waals surface area contributed by atoms with Gasteiger partial charge in [0.2, 0.25) is 11.7 Å². The third kappa shape index (κ3) is 4.45. The fraction of sp³-hybridized carbons (Fsp3) is 0.250. The quantitative estimate of drug-likeness (QED) is 0.432. The van der Waals surface area contributed by atoms with Crippen LogP contribution in [0.4, 0.5) is 0 Å². The van der Waals surface area contributed by atoms with E-state index in [4.69, 9.17) is 4.74 Å². The molecule has 32 heavy (non-hydrogen) atoms. The zero-order valence-electron chi connectivity index (χ0n) is 18.1. The fourth-order valence-corrected chi connectivity index (χ4v) is 3.60. The molecule has 4 rings (SSSR count). The second kappa shape index (κ2) is 9.57. The fourth-order valence-electron chi connectivity index (χ4n) is 3.60. The van der Waals surface area contributed by atoms with Crippen LogP contribution in [0, 0.1) is 6.92 Å². The molecule has 0 fully saturated rings. The van der Waals surface area contributed by atoms with Crippen molar-refractivity contribution in [1.82, 2.24) is 24.5 Å². The van der Waals surface area contributed by atoms with Crippen molar-refractivity contribution in [2.45, 2.75) is 19.9 Å². The van der Waals surface area contributed by atoms with E-state index in [1.165, 1.54) is 4.52 Å². The number of amides is 1. The van der Waals surface area contributed by atoms with E-state index in [2.05, 4.69) is 15.4 Å². The van der Waals surface area contributed by atoms with Crippen LogP contribution < -0.4 is 10.9 Å². The Balaban J connectivity index is 1.83. The van der Waals surface area contributed by atoms with Crippen LogP contribution in [-0.2, 0) is 22.5 Å². The molecule has 0 bridgehead atoms. The standard InChI is InChI=1S/C24H25N5O3/c1-17-20(15-18-9-5-3-6-10-18)23(31)29-24(28(17)16-21(30)25-13-14-32-2)26-22(27-29)19-11-7-4-8-12-19/h3-12H,13-16H2,1-2H3,(H,25,30). The number of nitrogens with one attached hydrogen (secondary N) is 1. The summed E-state index contributed by atoms with van der Waals surface area (Å²) in [5, 5.41) is 7.32. The van der Waals surface area contributed by atoms with Gasteiger partial charge in [-0.25, -0.2) is 0 Å². The molecular formula is C24H25N5O3. The number of carbonyl (C=O) groups is 1. The summed E-state index contributed by atoms with van der Waals surface area (Å²) in [6, 6.07) is 19.2. The van der Waals surface area contributed by atoms with Crippen LogP contribution in [0.5, 0.6) is 0 Å². The molecule has 1 N–H and O–H groups in total. The van der Waals surface area contributed by atoms with Crippen molar-refractivity contribution < 1.29 is 9.53 Å². The van der Waals surface area contributed by atoms with Gasteiger partial charge in [0.05, 0.1) is 6.61 Å². The predicted octanol–water partition coefficient (Wildman–Crippen LogP) is 2.22. The first-order chi connectivity index (χ1) is 15.6. The molecule has 2 heterocycles. The van der Waals surface area contributed by atoms with E-state index in [1.54, 1.807) is 11.7 Å². The lowest BCUT2D eigenvalue weighted by Crippen LogP contribution is -2.33. The van der Waals surface area contributed by atoms with Gasteiger partial charge in [-0.05, 0) is 12.5 Å². The van der Waals surface area contributed by atoms with Gasteiger partial charge in [0.25, 0.3) is 5.56 Å². The predicted molar refractivity (Wildman–Crippen MR) is 122 cm³/mol. The molecule has 0 atom stereocenters. The van der Waals surface area contributed by atoms with E-state index in [-0.39, 0.29) is 18.0 Å². The lowest BCUT2D eigenvalue weighted by atomic mass is 10.0. The van der Waals surface area contributed by atoms with E-state index >= 15 is 0 Å². The van der Waals surface area contributed by atoms with E-state index in [0.29, 0.717) is 42.4 Å². The molecule has 0 unspecified atom stereocenters. The molecule has 8 heteroatoms. The SMILES string of the molecule is COCCNC(=O)Cn1c(C)c(Cc2ccccc2)c(=O)n2nc(-c3ccccc3)nc12. The van der Waals surface area contributed by atoms with Crippen molar-refractivity contribution in [2.75, 3.05) is 20.3 Å². The van der Waals surface area contributed by atoms with Crippen molar-refractivity contribution in [3.63, 3.8) is 0 Å². The van der Waals surface area contributed by atoms with Crippen molar-refractivity contribution in [2.24, 2.45) is 0 Å². The van der Waals surface area contributed by atoms with Crippen molar-refractivity contribution in [3.8, 4) is 11.4 Å². The zero-order valence-corrected chi connectivity index (χ0v) is 18.1. The van der Waals surface area contributed by atoms with Gasteiger partial charge in [0.1, 0.15) is 6.54 Å². The summed E-state index contributed by atoms with van der Waals surface area (Å²) in [6.07, 6.45) is 0.438. The second-order valence-electron chi connectivity index (χ2n) is 7.47. The number of carbonyl (C=O) groups excluding carboxylic acids is 1. The minimum Gasteiger partial charge on any atom is -0.383 e. The Morgan fingerprint density at radius 1 is 1.06 bits per heavy atom. The molecule has 0 aliphatic carbocycles. The average molecular weight is 431 g/mol. The maximum Gasteiger partial charge on any atom is 0.279 e. The molecule has 0 saturated carbocycles. The normalized spacial score (nSPS) is 11.1. The summed E-state index contributed by atoms with van der Waals surface area (Å²) in [6.45, 7) is 2.70. The van der Waals surface area contributed by atoms with Crippen LogP contribution in [0.25, 0.3) is 17.2 Å². The molecule has 0 saturated heterocycles. The van der Waals surface area contributed by atoms with E-state index < -0.39 is 0 Å². The first-order valence-corrected chi connectivity index (χ1v) is 10.4. The number of rotatable bonds is 8. The third-order valence-electron chi connectivity index (χ3n) is 5.31. The topological polar surface area (TPSA) is 90.5 Å². The highest BCUT2D eigenvalue weighted by Crippen LogP contribution is 2.18. The molecule has 0 aliphatic heterocycles. The van der Waals surface area contributed by atoms with Crippen LogP contribution in [0.3, 0.4) is 0 Å². The Hall–Kier alpha value is -3.78. The molecule has 0 radical (unpaired) electrons. The van der Waals surface area contributed by atoms with E-state index in [0.717, 1.165) is 11.1 Å². The van der Waals surface area contributed by atoms with Crippen LogP contribution in [0.15, 0.2) is 65.5 Å². The summed E-state index contributed by atoms with van der Waals surface area (Å²) >= 11 is 0. The minimum absolute atomic E-state index is 0.0219. The summed E-state index contributed by atoms with van der Waals surface area (Å²) in [7, 11) is 1.58. The molecule has 1 amide bonds. The van der Waals surface area contributed by atoms with E-state index in [1.807, 2.05) is 67.6 Å². The van der Waals surface area contributed by atoms with Gasteiger partial charge >= 0.3 is 0 Å². The van der Waals surface area contributed by atoms with E-state index in [9.17, 15) is 9.59 Å². The van der Waals surface area contributed by atoms with Gasteiger partial charge in [-0.2, -0.15) is 9.50 Å². The minimum atomic E-state index is -0.230. The lowest BCUT2D eigenvalue weighted by molar-refractivity contribution is -0.121. The molecule has 2 aromatic carbocycles. The van der Waals surface area contributed by atoms with Crippen LogP contribution in [0.2, 0.25) is 0 Å². The lowest BCUT2D eigenvalue weighted by Gasteiger charge is -2.15. The first kappa shape index (κ1) is 21.5. The molecule has 2 aromatic heterocycles. The highest BCUT2D eigenvalue weighted by atomic mass is 16.5. The Kier molecular flexibility index (Phi) is 6.42. The number of aromatic nitrogens is 4. The number of methoxy groups -OCH3 is 1. The Morgan fingerprint density at radius 2 is 1.75 bits per heavy atom. The average Bonchev–Trinajstić information content (AvgIpc) is 3.27. The molecular weight excluding hydrogens is 406 g/mol. The third-order valence-corrected chi connectivity index (χ3v) is 5.31. The number of hydrogen-bond acceptors (Lipinski definition) is 5. The smallest absolute Gasteiger partial charge is 0.279 e. The highest BCUT2D eigenvalue weighted by molar-refractivity contribution is 5.76. The highest BCUT2D eigenvalue weighted by Gasteiger charge is 2.20. The summed E-state index contributed by atoms with van der Waals surface area (Å²) < 4.78 is 8.05. The van der Waals surface area contributed by atoms with Gasteiger partial charge in [-0.1, -0.05) is 60.7 Å². The molecule has 164 valence electrons. The van der Waals surface area contributed by atoms with Crippen LogP contribution in [-0.4, -0.2) is 45.3 Å². The Labute approximate surface area is 185 Å². The molecule has 8 nitrogen and oxygen atoms in total. The van der Waals surface area contributed by atoms with Crippen molar-refractivity contribution in [3.05, 3.63) is 87.8 Å². The Morgan fingerprint density at radius 3 is 2.44 bits per heavy atom. The van der Waals surface area contributed by atoms with Crippen molar-refractivity contribution >= 4 is 11.7 Å². The maximum atomic E-state index is 13.4. The first-order valence-electron chi connectivity index (χ1n) is 10.4. The maximum absolute atomic E-state index is 13.4. The monoisotopic (exact) mass is 431 g/mol. The van der Waals surface area contributed by atoms with Gasteiger partial charge in [0.15, 0.2) is 5.82 Å². The summed E-state index contributed by atoms with van der Waals surface area (Å²) in [4.78, 5) is 30.6. The Bertz CT molecular complexity index is 1280. The second-order valence-corrected chi connectivity index (χ2v) is 7.47. The number of hydrogen-bond donors (Lipinski definition) is 1. The molecule has 0 spiro atoms. The van der Waals surface area contributed by atoms with Crippen LogP contribution >= 0.6 is 0 Å². The summed E-state index contributed by atoms with van der Waals surface area (Å²) in [5.41, 5.74) is 2.85. The largest absolute Gasteiger partial charge is 0.383 e. The molecule has 4 aromatic rings. The van der Waals surface area contributed by atoms with Crippen LogP contribution in [0.1, 0.15) is 16.8 Å². The van der Waals surface area contributed by atoms with Crippen molar-refractivity contribution in [1.29, 1.82) is 0 Å². The van der Waals surface area contributed by atoms with Gasteiger partial charge in [-0.15, -0.1) is 5.10 Å². The number of benzene rings is 2.